The largest absolute Gasteiger partial charge is 0.358 e. The lowest BCUT2D eigenvalue weighted by molar-refractivity contribution is 0.0949. The highest BCUT2D eigenvalue weighted by Gasteiger charge is 2.09. The molecule has 1 aromatic carbocycles. The smallest absolute Gasteiger partial charge is 0.271 e. The van der Waals surface area contributed by atoms with Gasteiger partial charge < -0.3 is 10.2 Å². The van der Waals surface area contributed by atoms with Crippen LogP contribution in [0.2, 0.25) is 5.02 Å². The number of unbranched alkanes of at least 4 members (excludes halogenated alkanes) is 1. The number of benzene rings is 1. The maximum atomic E-state index is 12.1. The molecule has 1 amide bonds. The first kappa shape index (κ1) is 18.2. The zero-order valence-electron chi connectivity index (χ0n) is 14.1. The summed E-state index contributed by atoms with van der Waals surface area (Å²) in [7, 11) is 1.98. The predicted molar refractivity (Wildman–Crippen MR) is 97.7 cm³/mol. The molecule has 128 valence electrons. The molecule has 2 rings (SSSR count). The average molecular weight is 347 g/mol. The second kappa shape index (κ2) is 9.23. The molecule has 0 atom stereocenters. The van der Waals surface area contributed by atoms with Crippen molar-refractivity contribution in [3.63, 3.8) is 0 Å². The third kappa shape index (κ3) is 5.49. The van der Waals surface area contributed by atoms with Gasteiger partial charge in [-0.15, -0.1) is 0 Å². The maximum absolute atomic E-state index is 12.1. The summed E-state index contributed by atoms with van der Waals surface area (Å²) in [6.45, 7) is 3.60. The quantitative estimate of drug-likeness (QED) is 0.796. The summed E-state index contributed by atoms with van der Waals surface area (Å²) in [4.78, 5) is 22.7. The lowest BCUT2D eigenvalue weighted by atomic mass is 10.1. The number of rotatable bonds is 8. The molecule has 5 nitrogen and oxygen atoms in total. The van der Waals surface area contributed by atoms with Crippen LogP contribution in [0.15, 0.2) is 36.7 Å². The average Bonchev–Trinajstić information content (AvgIpc) is 2.60. The summed E-state index contributed by atoms with van der Waals surface area (Å²) in [5, 5.41) is 3.55. The molecule has 1 aromatic heterocycles. The van der Waals surface area contributed by atoms with Gasteiger partial charge in [0.15, 0.2) is 0 Å². The predicted octanol–water partition coefficient (Wildman–Crippen LogP) is 3.34. The zero-order valence-corrected chi connectivity index (χ0v) is 14.9. The minimum absolute atomic E-state index is 0.215. The van der Waals surface area contributed by atoms with Gasteiger partial charge in [0.1, 0.15) is 11.5 Å². The molecule has 0 unspecified atom stereocenters. The first-order chi connectivity index (χ1) is 11.6. The molecular formula is C18H23ClN4O. The Hall–Kier alpha value is -2.14. The second-order valence-corrected chi connectivity index (χ2v) is 6.11. The van der Waals surface area contributed by atoms with E-state index >= 15 is 0 Å². The number of anilines is 1. The van der Waals surface area contributed by atoms with Gasteiger partial charge >= 0.3 is 0 Å². The standard InChI is InChI=1S/C18H23ClN4O/c1-3-4-10-23(2)17-13-21-16(12-22-17)18(24)20-9-8-14-6-5-7-15(19)11-14/h5-7,11-13H,3-4,8-10H2,1-2H3,(H,20,24). The SMILES string of the molecule is CCCCN(C)c1cnc(C(=O)NCCc2cccc(Cl)c2)cn1. The zero-order chi connectivity index (χ0) is 17.4. The minimum Gasteiger partial charge on any atom is -0.358 e. The van der Waals surface area contributed by atoms with Gasteiger partial charge in [0, 0.05) is 25.2 Å². The molecule has 0 spiro atoms. The van der Waals surface area contributed by atoms with Gasteiger partial charge in [-0.3, -0.25) is 4.79 Å². The van der Waals surface area contributed by atoms with Crippen molar-refractivity contribution in [3.05, 3.63) is 52.9 Å². The Kier molecular flexibility index (Phi) is 7.00. The molecule has 0 bridgehead atoms. The number of carbonyl (C=O) groups is 1. The van der Waals surface area contributed by atoms with E-state index in [1.807, 2.05) is 36.2 Å². The molecule has 0 saturated heterocycles. The van der Waals surface area contributed by atoms with Crippen molar-refractivity contribution < 1.29 is 4.79 Å². The fourth-order valence-corrected chi connectivity index (χ4v) is 2.46. The van der Waals surface area contributed by atoms with Crippen LogP contribution in [0.25, 0.3) is 0 Å². The van der Waals surface area contributed by atoms with Crippen molar-refractivity contribution in [2.24, 2.45) is 0 Å². The van der Waals surface area contributed by atoms with E-state index in [1.165, 1.54) is 6.20 Å². The lowest BCUT2D eigenvalue weighted by Crippen LogP contribution is -2.27. The molecule has 0 saturated carbocycles. The molecule has 6 heteroatoms. The molecule has 24 heavy (non-hydrogen) atoms. The summed E-state index contributed by atoms with van der Waals surface area (Å²) in [6, 6.07) is 7.62. The van der Waals surface area contributed by atoms with Gasteiger partial charge in [0.2, 0.25) is 0 Å². The monoisotopic (exact) mass is 346 g/mol. The van der Waals surface area contributed by atoms with E-state index in [0.717, 1.165) is 37.2 Å². The fraction of sp³-hybridized carbons (Fsp3) is 0.389. The summed E-state index contributed by atoms with van der Waals surface area (Å²) < 4.78 is 0. The van der Waals surface area contributed by atoms with E-state index in [4.69, 9.17) is 11.6 Å². The van der Waals surface area contributed by atoms with Gasteiger partial charge in [0.25, 0.3) is 5.91 Å². The third-order valence-corrected chi connectivity index (χ3v) is 3.93. The topological polar surface area (TPSA) is 58.1 Å². The van der Waals surface area contributed by atoms with E-state index in [0.29, 0.717) is 17.3 Å². The van der Waals surface area contributed by atoms with Crippen LogP contribution in [0, 0.1) is 0 Å². The van der Waals surface area contributed by atoms with Crippen molar-refractivity contribution in [1.29, 1.82) is 0 Å². The molecular weight excluding hydrogens is 324 g/mol. The normalized spacial score (nSPS) is 10.5. The van der Waals surface area contributed by atoms with Crippen LogP contribution in [0.5, 0.6) is 0 Å². The third-order valence-electron chi connectivity index (χ3n) is 3.70. The highest BCUT2D eigenvalue weighted by molar-refractivity contribution is 6.30. The summed E-state index contributed by atoms with van der Waals surface area (Å²) in [5.74, 6) is 0.561. The number of aromatic nitrogens is 2. The van der Waals surface area contributed by atoms with Crippen LogP contribution in [0.1, 0.15) is 35.8 Å². The van der Waals surface area contributed by atoms with Crippen LogP contribution in [0.4, 0.5) is 5.82 Å². The first-order valence-electron chi connectivity index (χ1n) is 8.16. The van der Waals surface area contributed by atoms with Gasteiger partial charge in [-0.25, -0.2) is 9.97 Å². The second-order valence-electron chi connectivity index (χ2n) is 5.67. The number of carbonyl (C=O) groups excluding carboxylic acids is 1. The van der Waals surface area contributed by atoms with Crippen LogP contribution in [0.3, 0.4) is 0 Å². The number of hydrogen-bond acceptors (Lipinski definition) is 4. The van der Waals surface area contributed by atoms with Crippen molar-refractivity contribution in [2.45, 2.75) is 26.2 Å². The van der Waals surface area contributed by atoms with E-state index in [2.05, 4.69) is 22.2 Å². The molecule has 1 heterocycles. The molecule has 1 N–H and O–H groups in total. The molecule has 0 aliphatic rings. The lowest BCUT2D eigenvalue weighted by Gasteiger charge is -2.17. The highest BCUT2D eigenvalue weighted by atomic mass is 35.5. The number of nitrogens with zero attached hydrogens (tertiary/aromatic N) is 3. The summed E-state index contributed by atoms with van der Waals surface area (Å²) >= 11 is 5.94. The summed E-state index contributed by atoms with van der Waals surface area (Å²) in [5.41, 5.74) is 1.41. The first-order valence-corrected chi connectivity index (χ1v) is 8.53. The van der Waals surface area contributed by atoms with Crippen LogP contribution < -0.4 is 10.2 Å². The highest BCUT2D eigenvalue weighted by Crippen LogP contribution is 2.11. The van der Waals surface area contributed by atoms with Gasteiger partial charge in [-0.05, 0) is 30.5 Å². The van der Waals surface area contributed by atoms with Crippen LogP contribution in [-0.2, 0) is 6.42 Å². The number of halogens is 1. The Balaban J connectivity index is 1.84. The Bertz CT molecular complexity index is 660. The van der Waals surface area contributed by atoms with Crippen molar-refractivity contribution in [2.75, 3.05) is 25.0 Å². The minimum atomic E-state index is -0.215. The number of amides is 1. The molecule has 0 radical (unpaired) electrons. The van der Waals surface area contributed by atoms with E-state index < -0.39 is 0 Å². The Morgan fingerprint density at radius 1 is 1.29 bits per heavy atom. The van der Waals surface area contributed by atoms with Crippen molar-refractivity contribution in [1.82, 2.24) is 15.3 Å². The van der Waals surface area contributed by atoms with E-state index in [9.17, 15) is 4.79 Å². The molecule has 0 aliphatic carbocycles. The number of hydrogen-bond donors (Lipinski definition) is 1. The Morgan fingerprint density at radius 2 is 2.12 bits per heavy atom. The Labute approximate surface area is 148 Å². The van der Waals surface area contributed by atoms with Crippen LogP contribution in [-0.4, -0.2) is 36.0 Å². The summed E-state index contributed by atoms with van der Waals surface area (Å²) in [6.07, 6.45) is 6.11. The van der Waals surface area contributed by atoms with Crippen molar-refractivity contribution >= 4 is 23.3 Å². The van der Waals surface area contributed by atoms with Gasteiger partial charge in [-0.1, -0.05) is 37.1 Å². The van der Waals surface area contributed by atoms with Gasteiger partial charge in [-0.2, -0.15) is 0 Å². The van der Waals surface area contributed by atoms with Gasteiger partial charge in [0.05, 0.1) is 12.4 Å². The van der Waals surface area contributed by atoms with Crippen LogP contribution >= 0.6 is 11.6 Å². The van der Waals surface area contributed by atoms with E-state index in [-0.39, 0.29) is 5.91 Å². The fourth-order valence-electron chi connectivity index (χ4n) is 2.25. The molecule has 2 aromatic rings. The van der Waals surface area contributed by atoms with E-state index in [1.54, 1.807) is 6.20 Å². The maximum Gasteiger partial charge on any atom is 0.271 e. The Morgan fingerprint density at radius 3 is 2.79 bits per heavy atom. The molecule has 0 aliphatic heterocycles. The number of nitrogens with one attached hydrogen (secondary N) is 1. The molecule has 0 fully saturated rings. The van der Waals surface area contributed by atoms with Crippen molar-refractivity contribution in [3.8, 4) is 0 Å².